The van der Waals surface area contributed by atoms with Gasteiger partial charge >= 0.3 is 0 Å². The van der Waals surface area contributed by atoms with Gasteiger partial charge in [0.25, 0.3) is 0 Å². The first kappa shape index (κ1) is 15.5. The number of hydrogen-bond donors (Lipinski definition) is 0. The number of hydrogen-bond acceptors (Lipinski definition) is 4. The lowest BCUT2D eigenvalue weighted by Gasteiger charge is -2.16. The average Bonchev–Trinajstić information content (AvgIpc) is 2.99. The van der Waals surface area contributed by atoms with E-state index in [9.17, 15) is 13.2 Å². The van der Waals surface area contributed by atoms with Gasteiger partial charge in [-0.2, -0.15) is 4.31 Å². The Morgan fingerprint density at radius 1 is 1.24 bits per heavy atom. The third kappa shape index (κ3) is 3.40. The fourth-order valence-corrected chi connectivity index (χ4v) is 3.10. The quantitative estimate of drug-likeness (QED) is 0.770. The van der Waals surface area contributed by atoms with E-state index in [0.29, 0.717) is 17.7 Å². The summed E-state index contributed by atoms with van der Waals surface area (Å²) in [7, 11) is -2.18. The van der Waals surface area contributed by atoms with Crippen LogP contribution in [0.5, 0.6) is 0 Å². The van der Waals surface area contributed by atoms with Gasteiger partial charge in [-0.3, -0.25) is 4.79 Å². The molecule has 0 amide bonds. The molecule has 1 aromatic heterocycles. The first-order chi connectivity index (χ1) is 9.95. The summed E-state index contributed by atoms with van der Waals surface area (Å²) in [5.41, 5.74) is 0.407. The van der Waals surface area contributed by atoms with Crippen molar-refractivity contribution in [1.82, 2.24) is 4.31 Å². The summed E-state index contributed by atoms with van der Waals surface area (Å²) in [6.07, 6.45) is 1.84. The summed E-state index contributed by atoms with van der Waals surface area (Å²) in [5.74, 6) is 0.475. The van der Waals surface area contributed by atoms with Gasteiger partial charge in [-0.15, -0.1) is 0 Å². The molecule has 5 nitrogen and oxygen atoms in total. The van der Waals surface area contributed by atoms with Crippen molar-refractivity contribution in [1.29, 1.82) is 0 Å². The van der Waals surface area contributed by atoms with Crippen LogP contribution in [-0.4, -0.2) is 25.6 Å². The molecule has 0 spiro atoms. The lowest BCUT2D eigenvalue weighted by atomic mass is 10.1. The fourth-order valence-electron chi connectivity index (χ4n) is 1.92. The van der Waals surface area contributed by atoms with E-state index in [1.165, 1.54) is 29.7 Å². The van der Waals surface area contributed by atoms with E-state index in [-0.39, 0.29) is 17.2 Å². The zero-order valence-electron chi connectivity index (χ0n) is 11.9. The molecular weight excluding hydrogens is 290 g/mol. The largest absolute Gasteiger partial charge is 0.468 e. The molecular formula is C15H17NO4S. The maximum absolute atomic E-state index is 12.5. The van der Waals surface area contributed by atoms with Crippen molar-refractivity contribution in [2.75, 3.05) is 7.05 Å². The highest BCUT2D eigenvalue weighted by atomic mass is 32.2. The molecule has 0 N–H and O–H groups in total. The molecule has 21 heavy (non-hydrogen) atoms. The van der Waals surface area contributed by atoms with Crippen LogP contribution in [0.2, 0.25) is 0 Å². The average molecular weight is 307 g/mol. The molecule has 1 heterocycles. The number of sulfonamides is 1. The SMILES string of the molecule is CCC(=O)c1cccc(S(=O)(=O)N(C)Cc2ccco2)c1. The molecule has 0 aliphatic rings. The van der Waals surface area contributed by atoms with Crippen LogP contribution in [0, 0.1) is 0 Å². The lowest BCUT2D eigenvalue weighted by Crippen LogP contribution is -2.26. The highest BCUT2D eigenvalue weighted by Crippen LogP contribution is 2.19. The second kappa shape index (κ2) is 6.24. The Labute approximate surface area is 124 Å². The van der Waals surface area contributed by atoms with Crippen LogP contribution < -0.4 is 0 Å². The second-order valence-electron chi connectivity index (χ2n) is 4.65. The number of rotatable bonds is 6. The molecule has 0 saturated heterocycles. The van der Waals surface area contributed by atoms with E-state index in [4.69, 9.17) is 4.42 Å². The summed E-state index contributed by atoms with van der Waals surface area (Å²) in [4.78, 5) is 11.8. The molecule has 1 aromatic carbocycles. The van der Waals surface area contributed by atoms with Crippen molar-refractivity contribution in [2.24, 2.45) is 0 Å². The smallest absolute Gasteiger partial charge is 0.243 e. The predicted molar refractivity (Wildman–Crippen MR) is 78.4 cm³/mol. The molecule has 0 aliphatic carbocycles. The van der Waals surface area contributed by atoms with E-state index in [0.717, 1.165) is 0 Å². The molecule has 0 fully saturated rings. The Morgan fingerprint density at radius 3 is 2.62 bits per heavy atom. The number of nitrogens with zero attached hydrogens (tertiary/aromatic N) is 1. The minimum Gasteiger partial charge on any atom is -0.468 e. The number of carbonyl (C=O) groups is 1. The molecule has 0 bridgehead atoms. The highest BCUT2D eigenvalue weighted by Gasteiger charge is 2.22. The maximum atomic E-state index is 12.5. The number of benzene rings is 1. The molecule has 2 rings (SSSR count). The van der Waals surface area contributed by atoms with Crippen LogP contribution in [0.3, 0.4) is 0 Å². The van der Waals surface area contributed by atoms with Crippen LogP contribution in [0.4, 0.5) is 0 Å². The first-order valence-corrected chi connectivity index (χ1v) is 8.01. The van der Waals surface area contributed by atoms with Crippen molar-refractivity contribution in [3.63, 3.8) is 0 Å². The summed E-state index contributed by atoms with van der Waals surface area (Å²) < 4.78 is 31.3. The van der Waals surface area contributed by atoms with Gasteiger partial charge in [-0.25, -0.2) is 8.42 Å². The highest BCUT2D eigenvalue weighted by molar-refractivity contribution is 7.89. The van der Waals surface area contributed by atoms with Gasteiger partial charge in [0.15, 0.2) is 5.78 Å². The normalized spacial score (nSPS) is 11.8. The topological polar surface area (TPSA) is 67.6 Å². The molecule has 6 heteroatoms. The number of ketones is 1. The van der Waals surface area contributed by atoms with Gasteiger partial charge in [-0.1, -0.05) is 19.1 Å². The molecule has 0 atom stereocenters. The molecule has 0 unspecified atom stereocenters. The summed E-state index contributed by atoms with van der Waals surface area (Å²) in [5, 5.41) is 0. The van der Waals surface area contributed by atoms with Crippen LogP contribution in [0.25, 0.3) is 0 Å². The standard InChI is InChI=1S/C15H17NO4S/c1-3-15(17)12-6-4-8-14(10-12)21(18,19)16(2)11-13-7-5-9-20-13/h4-10H,3,11H2,1-2H3. The molecule has 0 radical (unpaired) electrons. The number of carbonyl (C=O) groups excluding carboxylic acids is 1. The van der Waals surface area contributed by atoms with Crippen LogP contribution in [-0.2, 0) is 16.6 Å². The Morgan fingerprint density at radius 2 is 2.00 bits per heavy atom. The number of Topliss-reactive ketones (excluding diaryl/α,β-unsaturated/α-hetero) is 1. The van der Waals surface area contributed by atoms with Crippen molar-refractivity contribution in [3.05, 3.63) is 54.0 Å². The second-order valence-corrected chi connectivity index (χ2v) is 6.69. The predicted octanol–water partition coefficient (Wildman–Crippen LogP) is 2.69. The molecule has 0 saturated carbocycles. The van der Waals surface area contributed by atoms with E-state index in [2.05, 4.69) is 0 Å². The molecule has 0 aliphatic heterocycles. The summed E-state index contributed by atoms with van der Waals surface area (Å²) in [6.45, 7) is 1.88. The summed E-state index contributed by atoms with van der Waals surface area (Å²) in [6, 6.07) is 9.52. The van der Waals surface area contributed by atoms with Gasteiger partial charge in [0.2, 0.25) is 10.0 Å². The minimum absolute atomic E-state index is 0.0827. The van der Waals surface area contributed by atoms with E-state index in [1.54, 1.807) is 31.2 Å². The van der Waals surface area contributed by atoms with E-state index >= 15 is 0 Å². The van der Waals surface area contributed by atoms with Crippen LogP contribution in [0.15, 0.2) is 52.0 Å². The van der Waals surface area contributed by atoms with Crippen molar-refractivity contribution < 1.29 is 17.6 Å². The number of furan rings is 1. The minimum atomic E-state index is -3.66. The fraction of sp³-hybridized carbons (Fsp3) is 0.267. The van der Waals surface area contributed by atoms with Crippen molar-refractivity contribution in [3.8, 4) is 0 Å². The Hall–Kier alpha value is -1.92. The first-order valence-electron chi connectivity index (χ1n) is 6.57. The van der Waals surface area contributed by atoms with Crippen LogP contribution in [0.1, 0.15) is 29.5 Å². The third-order valence-electron chi connectivity index (χ3n) is 3.14. The lowest BCUT2D eigenvalue weighted by molar-refractivity contribution is 0.0988. The van der Waals surface area contributed by atoms with Crippen LogP contribution >= 0.6 is 0 Å². The Kier molecular flexibility index (Phi) is 4.59. The molecule has 2 aromatic rings. The van der Waals surface area contributed by atoms with Gasteiger partial charge < -0.3 is 4.42 Å². The monoisotopic (exact) mass is 307 g/mol. The maximum Gasteiger partial charge on any atom is 0.243 e. The third-order valence-corrected chi connectivity index (χ3v) is 4.94. The zero-order valence-corrected chi connectivity index (χ0v) is 12.8. The Balaban J connectivity index is 2.28. The zero-order chi connectivity index (χ0) is 15.5. The van der Waals surface area contributed by atoms with Gasteiger partial charge in [0.1, 0.15) is 5.76 Å². The Bertz CT molecular complexity index is 720. The van der Waals surface area contributed by atoms with Gasteiger partial charge in [0, 0.05) is 19.0 Å². The molecule has 112 valence electrons. The van der Waals surface area contributed by atoms with E-state index < -0.39 is 10.0 Å². The van der Waals surface area contributed by atoms with Gasteiger partial charge in [-0.05, 0) is 24.3 Å². The van der Waals surface area contributed by atoms with Crippen molar-refractivity contribution in [2.45, 2.75) is 24.8 Å². The van der Waals surface area contributed by atoms with E-state index in [1.807, 2.05) is 0 Å². The summed E-state index contributed by atoms with van der Waals surface area (Å²) >= 11 is 0. The van der Waals surface area contributed by atoms with Crippen molar-refractivity contribution >= 4 is 15.8 Å². The van der Waals surface area contributed by atoms with Gasteiger partial charge in [0.05, 0.1) is 17.7 Å².